The highest BCUT2D eigenvalue weighted by Crippen LogP contribution is 2.24. The number of nitrogens with zero attached hydrogens (tertiary/aromatic N) is 1. The molecule has 1 N–H and O–H groups in total. The summed E-state index contributed by atoms with van der Waals surface area (Å²) in [5, 5.41) is 2.85. The van der Waals surface area contributed by atoms with Crippen LogP contribution < -0.4 is 10.1 Å². The molecule has 1 aliphatic rings. The van der Waals surface area contributed by atoms with Gasteiger partial charge in [0, 0.05) is 24.3 Å². The van der Waals surface area contributed by atoms with Crippen LogP contribution >= 0.6 is 0 Å². The maximum atomic E-state index is 12.5. The van der Waals surface area contributed by atoms with Crippen LogP contribution in [-0.4, -0.2) is 35.9 Å². The van der Waals surface area contributed by atoms with Gasteiger partial charge in [-0.2, -0.15) is 0 Å². The second-order valence-electron chi connectivity index (χ2n) is 7.05. The lowest BCUT2D eigenvalue weighted by molar-refractivity contribution is -0.122. The number of para-hydroxylation sites is 1. The van der Waals surface area contributed by atoms with Gasteiger partial charge in [-0.1, -0.05) is 18.2 Å². The molecule has 2 aromatic rings. The van der Waals surface area contributed by atoms with Gasteiger partial charge in [-0.25, -0.2) is 0 Å². The highest BCUT2D eigenvalue weighted by Gasteiger charge is 2.20. The Labute approximate surface area is 160 Å². The molecular formula is C22H26N2O3. The summed E-state index contributed by atoms with van der Waals surface area (Å²) in [6, 6.07) is 12.9. The molecular weight excluding hydrogens is 340 g/mol. The zero-order valence-electron chi connectivity index (χ0n) is 16.1. The molecule has 142 valence electrons. The fourth-order valence-electron chi connectivity index (χ4n) is 3.26. The predicted octanol–water partition coefficient (Wildman–Crippen LogP) is 3.95. The molecule has 1 atom stereocenters. The van der Waals surface area contributed by atoms with E-state index >= 15 is 0 Å². The number of benzene rings is 2. The fraction of sp³-hybridized carbons (Fsp3) is 0.364. The second-order valence-corrected chi connectivity index (χ2v) is 7.05. The Hall–Kier alpha value is -2.82. The lowest BCUT2D eigenvalue weighted by atomic mass is 10.1. The summed E-state index contributed by atoms with van der Waals surface area (Å²) in [6.07, 6.45) is 1.51. The number of rotatable bonds is 5. The average Bonchev–Trinajstić information content (AvgIpc) is 3.19. The van der Waals surface area contributed by atoms with Crippen LogP contribution in [0.4, 0.5) is 5.69 Å². The van der Waals surface area contributed by atoms with Crippen molar-refractivity contribution in [3.63, 3.8) is 0 Å². The maximum Gasteiger partial charge on any atom is 0.265 e. The first-order valence-electron chi connectivity index (χ1n) is 9.39. The van der Waals surface area contributed by atoms with Crippen LogP contribution in [0, 0.1) is 13.8 Å². The summed E-state index contributed by atoms with van der Waals surface area (Å²) in [5.74, 6) is 0.570. The normalized spacial score (nSPS) is 14.7. The first kappa shape index (κ1) is 19.0. The molecule has 0 unspecified atom stereocenters. The lowest BCUT2D eigenvalue weighted by Crippen LogP contribution is -2.30. The number of nitrogens with one attached hydrogen (secondary N) is 1. The lowest BCUT2D eigenvalue weighted by Gasteiger charge is -2.18. The Balaban J connectivity index is 1.61. The summed E-state index contributed by atoms with van der Waals surface area (Å²) < 4.78 is 5.87. The van der Waals surface area contributed by atoms with E-state index in [0.29, 0.717) is 11.3 Å². The average molecular weight is 366 g/mol. The van der Waals surface area contributed by atoms with Crippen molar-refractivity contribution in [2.24, 2.45) is 0 Å². The molecule has 0 radical (unpaired) electrons. The van der Waals surface area contributed by atoms with Crippen LogP contribution in [0.3, 0.4) is 0 Å². The van der Waals surface area contributed by atoms with Crippen LogP contribution in [-0.2, 0) is 4.79 Å². The molecule has 0 saturated carbocycles. The molecule has 2 amide bonds. The molecule has 1 aliphatic heterocycles. The molecule has 0 bridgehead atoms. The smallest absolute Gasteiger partial charge is 0.265 e. The molecule has 1 saturated heterocycles. The van der Waals surface area contributed by atoms with Crippen molar-refractivity contribution in [2.45, 2.75) is 39.7 Å². The minimum absolute atomic E-state index is 0.0529. The first-order valence-corrected chi connectivity index (χ1v) is 9.39. The fourth-order valence-corrected chi connectivity index (χ4v) is 3.26. The minimum atomic E-state index is -0.629. The highest BCUT2D eigenvalue weighted by molar-refractivity contribution is 5.97. The van der Waals surface area contributed by atoms with Crippen molar-refractivity contribution in [3.05, 3.63) is 59.2 Å². The third kappa shape index (κ3) is 4.48. The third-order valence-corrected chi connectivity index (χ3v) is 4.87. The van der Waals surface area contributed by atoms with E-state index in [1.165, 1.54) is 0 Å². The molecule has 5 heteroatoms. The van der Waals surface area contributed by atoms with Crippen molar-refractivity contribution < 1.29 is 14.3 Å². The van der Waals surface area contributed by atoms with E-state index in [1.54, 1.807) is 31.2 Å². The Morgan fingerprint density at radius 3 is 2.19 bits per heavy atom. The SMILES string of the molecule is Cc1cccc(C)c1O[C@@H](C)C(=O)Nc1ccc(C(=O)N2CCCC2)cc1. The molecule has 0 spiro atoms. The van der Waals surface area contributed by atoms with Gasteiger partial charge in [-0.3, -0.25) is 9.59 Å². The van der Waals surface area contributed by atoms with Crippen molar-refractivity contribution >= 4 is 17.5 Å². The standard InChI is InChI=1S/C22H26N2O3/c1-15-7-6-8-16(2)20(15)27-17(3)21(25)23-19-11-9-18(10-12-19)22(26)24-13-4-5-14-24/h6-12,17H,4-5,13-14H2,1-3H3,(H,23,25)/t17-/m0/s1. The molecule has 0 aliphatic carbocycles. The minimum Gasteiger partial charge on any atom is -0.480 e. The molecule has 27 heavy (non-hydrogen) atoms. The van der Waals surface area contributed by atoms with E-state index in [1.807, 2.05) is 36.9 Å². The van der Waals surface area contributed by atoms with Gasteiger partial charge in [-0.15, -0.1) is 0 Å². The van der Waals surface area contributed by atoms with Gasteiger partial charge in [0.1, 0.15) is 5.75 Å². The number of anilines is 1. The summed E-state index contributed by atoms with van der Waals surface area (Å²) in [4.78, 5) is 26.7. The molecule has 1 heterocycles. The van der Waals surface area contributed by atoms with Gasteiger partial charge in [0.15, 0.2) is 6.10 Å². The molecule has 3 rings (SSSR count). The number of amides is 2. The number of hydrogen-bond donors (Lipinski definition) is 1. The van der Waals surface area contributed by atoms with E-state index in [-0.39, 0.29) is 11.8 Å². The van der Waals surface area contributed by atoms with E-state index in [2.05, 4.69) is 5.32 Å². The quantitative estimate of drug-likeness (QED) is 0.872. The van der Waals surface area contributed by atoms with Crippen LogP contribution in [0.1, 0.15) is 41.3 Å². The van der Waals surface area contributed by atoms with Crippen LogP contribution in [0.2, 0.25) is 0 Å². The Kier molecular flexibility index (Phi) is 5.79. The zero-order valence-corrected chi connectivity index (χ0v) is 16.1. The van der Waals surface area contributed by atoms with Crippen molar-refractivity contribution in [1.29, 1.82) is 0 Å². The number of carbonyl (C=O) groups excluding carboxylic acids is 2. The first-order chi connectivity index (χ1) is 13.0. The highest BCUT2D eigenvalue weighted by atomic mass is 16.5. The van der Waals surface area contributed by atoms with Gasteiger partial charge >= 0.3 is 0 Å². The summed E-state index contributed by atoms with van der Waals surface area (Å²) >= 11 is 0. The predicted molar refractivity (Wildman–Crippen MR) is 106 cm³/mol. The Bertz CT molecular complexity index is 804. The Morgan fingerprint density at radius 2 is 1.59 bits per heavy atom. The number of ether oxygens (including phenoxy) is 1. The maximum absolute atomic E-state index is 12.5. The number of likely N-dealkylation sites (tertiary alicyclic amines) is 1. The van der Waals surface area contributed by atoms with Crippen molar-refractivity contribution in [1.82, 2.24) is 4.90 Å². The molecule has 2 aromatic carbocycles. The van der Waals surface area contributed by atoms with E-state index < -0.39 is 6.10 Å². The number of carbonyl (C=O) groups is 2. The van der Waals surface area contributed by atoms with E-state index in [0.717, 1.165) is 42.8 Å². The van der Waals surface area contributed by atoms with E-state index in [4.69, 9.17) is 4.74 Å². The Morgan fingerprint density at radius 1 is 1.00 bits per heavy atom. The van der Waals surface area contributed by atoms with Crippen LogP contribution in [0.25, 0.3) is 0 Å². The van der Waals surface area contributed by atoms with Crippen LogP contribution in [0.15, 0.2) is 42.5 Å². The van der Waals surface area contributed by atoms with Gasteiger partial charge in [0.05, 0.1) is 0 Å². The van der Waals surface area contributed by atoms with Crippen molar-refractivity contribution in [2.75, 3.05) is 18.4 Å². The van der Waals surface area contributed by atoms with Gasteiger partial charge in [0.25, 0.3) is 11.8 Å². The molecule has 5 nitrogen and oxygen atoms in total. The monoisotopic (exact) mass is 366 g/mol. The van der Waals surface area contributed by atoms with Crippen molar-refractivity contribution in [3.8, 4) is 5.75 Å². The third-order valence-electron chi connectivity index (χ3n) is 4.87. The van der Waals surface area contributed by atoms with Crippen LogP contribution in [0.5, 0.6) is 5.75 Å². The second kappa shape index (κ2) is 8.25. The number of hydrogen-bond acceptors (Lipinski definition) is 3. The topological polar surface area (TPSA) is 58.6 Å². The number of aryl methyl sites for hydroxylation is 2. The van der Waals surface area contributed by atoms with Gasteiger partial charge < -0.3 is 15.0 Å². The largest absolute Gasteiger partial charge is 0.480 e. The van der Waals surface area contributed by atoms with Gasteiger partial charge in [0.2, 0.25) is 0 Å². The molecule has 1 fully saturated rings. The van der Waals surface area contributed by atoms with E-state index in [9.17, 15) is 9.59 Å². The summed E-state index contributed by atoms with van der Waals surface area (Å²) in [7, 11) is 0. The summed E-state index contributed by atoms with van der Waals surface area (Å²) in [6.45, 7) is 7.30. The zero-order chi connectivity index (χ0) is 19.4. The van der Waals surface area contributed by atoms with Gasteiger partial charge in [-0.05, 0) is 69.0 Å². The molecule has 0 aromatic heterocycles. The summed E-state index contributed by atoms with van der Waals surface area (Å²) in [5.41, 5.74) is 3.29.